The summed E-state index contributed by atoms with van der Waals surface area (Å²) in [6.45, 7) is 1.11. The van der Waals surface area contributed by atoms with E-state index in [-0.39, 0.29) is 5.82 Å². The maximum Gasteiger partial charge on any atom is 0.137 e. The van der Waals surface area contributed by atoms with Gasteiger partial charge in [-0.1, -0.05) is 12.5 Å². The van der Waals surface area contributed by atoms with Crippen LogP contribution in [-0.4, -0.2) is 17.8 Å². The summed E-state index contributed by atoms with van der Waals surface area (Å²) in [4.78, 5) is 0.831. The standard InChI is InChI=1S/C15H20FNS/c16-14-10-11(9-12-3-1-2-8-17-12)4-7-15(14)18-13-5-6-13/h4,7,10,12-13,17H,1-3,5-6,8-9H2. The van der Waals surface area contributed by atoms with Crippen molar-refractivity contribution < 1.29 is 4.39 Å². The number of nitrogens with one attached hydrogen (secondary N) is 1. The molecule has 18 heavy (non-hydrogen) atoms. The number of halogens is 1. The summed E-state index contributed by atoms with van der Waals surface area (Å²) in [7, 11) is 0. The van der Waals surface area contributed by atoms with E-state index < -0.39 is 0 Å². The van der Waals surface area contributed by atoms with Gasteiger partial charge in [0.05, 0.1) is 0 Å². The number of thioether (sulfide) groups is 1. The van der Waals surface area contributed by atoms with Gasteiger partial charge in [0.2, 0.25) is 0 Å². The Labute approximate surface area is 113 Å². The topological polar surface area (TPSA) is 12.0 Å². The Morgan fingerprint density at radius 1 is 1.22 bits per heavy atom. The van der Waals surface area contributed by atoms with Crippen molar-refractivity contribution in [1.29, 1.82) is 0 Å². The van der Waals surface area contributed by atoms with Crippen LogP contribution < -0.4 is 5.32 Å². The molecule has 0 bridgehead atoms. The third kappa shape index (κ3) is 3.27. The lowest BCUT2D eigenvalue weighted by Gasteiger charge is -2.23. The van der Waals surface area contributed by atoms with Crippen molar-refractivity contribution in [3.05, 3.63) is 29.6 Å². The van der Waals surface area contributed by atoms with Crippen LogP contribution in [0.25, 0.3) is 0 Å². The number of hydrogen-bond donors (Lipinski definition) is 1. The van der Waals surface area contributed by atoms with E-state index in [1.807, 2.05) is 6.07 Å². The molecule has 1 aliphatic carbocycles. The molecule has 1 aromatic rings. The zero-order valence-electron chi connectivity index (χ0n) is 10.6. The van der Waals surface area contributed by atoms with E-state index in [1.54, 1.807) is 17.8 Å². The maximum atomic E-state index is 14.0. The number of piperidine rings is 1. The fourth-order valence-electron chi connectivity index (χ4n) is 2.52. The van der Waals surface area contributed by atoms with E-state index in [0.717, 1.165) is 23.4 Å². The van der Waals surface area contributed by atoms with E-state index in [1.165, 1.54) is 32.1 Å². The molecule has 1 atom stereocenters. The second kappa shape index (κ2) is 5.62. The Bertz CT molecular complexity index is 411. The molecule has 0 aromatic heterocycles. The molecule has 0 spiro atoms. The Hall–Kier alpha value is -0.540. The van der Waals surface area contributed by atoms with Crippen LogP contribution in [-0.2, 0) is 6.42 Å². The molecule has 2 fully saturated rings. The van der Waals surface area contributed by atoms with E-state index in [2.05, 4.69) is 11.4 Å². The maximum absolute atomic E-state index is 14.0. The molecule has 0 radical (unpaired) electrons. The lowest BCUT2D eigenvalue weighted by atomic mass is 9.98. The zero-order chi connectivity index (χ0) is 12.4. The highest BCUT2D eigenvalue weighted by molar-refractivity contribution is 8.00. The van der Waals surface area contributed by atoms with Crippen molar-refractivity contribution in [2.45, 2.75) is 54.7 Å². The van der Waals surface area contributed by atoms with Gasteiger partial charge in [0, 0.05) is 16.2 Å². The lowest BCUT2D eigenvalue weighted by Crippen LogP contribution is -2.35. The first kappa shape index (κ1) is 12.5. The van der Waals surface area contributed by atoms with Gasteiger partial charge in [-0.15, -0.1) is 11.8 Å². The minimum Gasteiger partial charge on any atom is -0.314 e. The predicted octanol–water partition coefficient (Wildman–Crippen LogP) is 3.76. The lowest BCUT2D eigenvalue weighted by molar-refractivity contribution is 0.399. The average Bonchev–Trinajstić information content (AvgIpc) is 3.18. The monoisotopic (exact) mass is 265 g/mol. The summed E-state index contributed by atoms with van der Waals surface area (Å²) >= 11 is 1.70. The summed E-state index contributed by atoms with van der Waals surface area (Å²) in [5.74, 6) is -0.0276. The molecule has 3 rings (SSSR count). The highest BCUT2D eigenvalue weighted by Crippen LogP contribution is 2.40. The molecule has 1 unspecified atom stereocenters. The van der Waals surface area contributed by atoms with E-state index in [9.17, 15) is 4.39 Å². The highest BCUT2D eigenvalue weighted by Gasteiger charge is 2.24. The largest absolute Gasteiger partial charge is 0.314 e. The quantitative estimate of drug-likeness (QED) is 0.889. The average molecular weight is 265 g/mol. The molecule has 1 aliphatic heterocycles. The van der Waals surface area contributed by atoms with Crippen molar-refractivity contribution in [1.82, 2.24) is 5.32 Å². The molecule has 1 saturated carbocycles. The highest BCUT2D eigenvalue weighted by atomic mass is 32.2. The van der Waals surface area contributed by atoms with Gasteiger partial charge in [0.25, 0.3) is 0 Å². The molecule has 1 N–H and O–H groups in total. The van der Waals surface area contributed by atoms with Crippen molar-refractivity contribution in [3.8, 4) is 0 Å². The van der Waals surface area contributed by atoms with Crippen LogP contribution in [0.2, 0.25) is 0 Å². The Balaban J connectivity index is 1.63. The van der Waals surface area contributed by atoms with E-state index >= 15 is 0 Å². The molecule has 2 aliphatic rings. The van der Waals surface area contributed by atoms with Crippen LogP contribution in [0.15, 0.2) is 23.1 Å². The molecule has 98 valence electrons. The molecule has 0 amide bonds. The number of rotatable bonds is 4. The van der Waals surface area contributed by atoms with Gasteiger partial charge in [0.15, 0.2) is 0 Å². The molecule has 1 saturated heterocycles. The van der Waals surface area contributed by atoms with Crippen molar-refractivity contribution in [3.63, 3.8) is 0 Å². The second-order valence-electron chi connectivity index (χ2n) is 5.43. The molecular weight excluding hydrogens is 245 g/mol. The van der Waals surface area contributed by atoms with Crippen LogP contribution in [0.4, 0.5) is 4.39 Å². The molecule has 1 heterocycles. The minimum absolute atomic E-state index is 0.0276. The minimum atomic E-state index is -0.0276. The first-order valence-electron chi connectivity index (χ1n) is 7.00. The van der Waals surface area contributed by atoms with Crippen LogP contribution in [0.3, 0.4) is 0 Å². The van der Waals surface area contributed by atoms with Crippen molar-refractivity contribution in [2.75, 3.05) is 6.54 Å². The van der Waals surface area contributed by atoms with Crippen LogP contribution >= 0.6 is 11.8 Å². The van der Waals surface area contributed by atoms with Gasteiger partial charge in [0.1, 0.15) is 5.82 Å². The van der Waals surface area contributed by atoms with Gasteiger partial charge in [-0.25, -0.2) is 4.39 Å². The zero-order valence-corrected chi connectivity index (χ0v) is 11.4. The summed E-state index contributed by atoms with van der Waals surface area (Å²) in [6, 6.07) is 6.35. The molecule has 3 heteroatoms. The smallest absolute Gasteiger partial charge is 0.137 e. The van der Waals surface area contributed by atoms with Crippen LogP contribution in [0.5, 0.6) is 0 Å². The van der Waals surface area contributed by atoms with Gasteiger partial charge in [-0.05, 0) is 56.3 Å². The fourth-order valence-corrected chi connectivity index (χ4v) is 3.56. The van der Waals surface area contributed by atoms with Crippen molar-refractivity contribution >= 4 is 11.8 Å². The third-order valence-electron chi connectivity index (χ3n) is 3.71. The number of benzene rings is 1. The van der Waals surface area contributed by atoms with Gasteiger partial charge >= 0.3 is 0 Å². The second-order valence-corrected chi connectivity index (χ2v) is 6.78. The Morgan fingerprint density at radius 2 is 2.11 bits per heavy atom. The number of hydrogen-bond acceptors (Lipinski definition) is 2. The summed E-state index contributed by atoms with van der Waals surface area (Å²) in [6.07, 6.45) is 7.26. The summed E-state index contributed by atoms with van der Waals surface area (Å²) in [5.41, 5.74) is 1.13. The van der Waals surface area contributed by atoms with Gasteiger partial charge in [-0.3, -0.25) is 0 Å². The van der Waals surface area contributed by atoms with E-state index in [0.29, 0.717) is 11.3 Å². The Kier molecular flexibility index (Phi) is 3.90. The molecule has 1 aromatic carbocycles. The van der Waals surface area contributed by atoms with Crippen LogP contribution in [0.1, 0.15) is 37.7 Å². The summed E-state index contributed by atoms with van der Waals surface area (Å²) < 4.78 is 14.0. The van der Waals surface area contributed by atoms with Crippen molar-refractivity contribution in [2.24, 2.45) is 0 Å². The fraction of sp³-hybridized carbons (Fsp3) is 0.600. The molecule has 1 nitrogen and oxygen atoms in total. The van der Waals surface area contributed by atoms with Crippen LogP contribution in [0, 0.1) is 5.82 Å². The first-order valence-corrected chi connectivity index (χ1v) is 7.88. The van der Waals surface area contributed by atoms with E-state index in [4.69, 9.17) is 0 Å². The normalized spacial score (nSPS) is 24.2. The summed E-state index contributed by atoms with van der Waals surface area (Å²) in [5, 5.41) is 4.19. The predicted molar refractivity (Wildman–Crippen MR) is 74.6 cm³/mol. The van der Waals surface area contributed by atoms with Gasteiger partial charge in [-0.2, -0.15) is 0 Å². The SMILES string of the molecule is Fc1cc(CC2CCCCN2)ccc1SC1CC1. The first-order chi connectivity index (χ1) is 8.81. The molecular formula is C15H20FNS. The third-order valence-corrected chi connectivity index (χ3v) is 5.10. The van der Waals surface area contributed by atoms with Gasteiger partial charge < -0.3 is 5.32 Å². The Morgan fingerprint density at radius 3 is 2.78 bits per heavy atom.